The molecule has 3 aromatic rings. The minimum absolute atomic E-state index is 0.0224. The van der Waals surface area contributed by atoms with Crippen LogP contribution in [0.1, 0.15) is 36.0 Å². The number of carbonyl (C=O) groups is 2. The summed E-state index contributed by atoms with van der Waals surface area (Å²) in [5, 5.41) is 12.7. The molecule has 2 fully saturated rings. The van der Waals surface area contributed by atoms with Gasteiger partial charge in [-0.3, -0.25) is 14.9 Å². The third-order valence-electron chi connectivity index (χ3n) is 5.33. The molecule has 1 aliphatic heterocycles. The molecule has 2 amide bonds. The summed E-state index contributed by atoms with van der Waals surface area (Å²) in [6, 6.07) is 2.86. The van der Waals surface area contributed by atoms with Crippen LogP contribution in [-0.2, 0) is 16.1 Å². The van der Waals surface area contributed by atoms with Gasteiger partial charge in [-0.05, 0) is 37.5 Å². The Morgan fingerprint density at radius 3 is 2.78 bits per heavy atom. The molecule has 1 saturated carbocycles. The second-order valence-electron chi connectivity index (χ2n) is 7.86. The predicted octanol–water partition coefficient (Wildman–Crippen LogP) is 2.33. The van der Waals surface area contributed by atoms with Gasteiger partial charge in [0, 0.05) is 29.3 Å². The zero-order valence-corrected chi connectivity index (χ0v) is 17.1. The Balaban J connectivity index is 1.51. The number of imide groups is 1. The maximum absolute atomic E-state index is 14.4. The molecule has 1 aromatic carbocycles. The highest BCUT2D eigenvalue weighted by Crippen LogP contribution is 2.26. The number of nitrogens with one attached hydrogen (secondary N) is 3. The lowest BCUT2D eigenvalue weighted by molar-refractivity contribution is -0.124. The Kier molecular flexibility index (Phi) is 4.80. The number of aryl methyl sites for hydroxylation is 1. The quantitative estimate of drug-likeness (QED) is 0.399. The summed E-state index contributed by atoms with van der Waals surface area (Å²) in [5.74, 6) is -1.54. The van der Waals surface area contributed by atoms with Gasteiger partial charge < -0.3 is 10.6 Å². The van der Waals surface area contributed by atoms with Crippen LogP contribution in [0, 0.1) is 18.6 Å². The van der Waals surface area contributed by atoms with Crippen LogP contribution >= 0.6 is 0 Å². The highest BCUT2D eigenvalue weighted by Gasteiger charge is 2.26. The van der Waals surface area contributed by atoms with Crippen molar-refractivity contribution in [3.63, 3.8) is 0 Å². The lowest BCUT2D eigenvalue weighted by atomic mass is 10.1. The zero-order chi connectivity index (χ0) is 22.4. The number of carbonyl (C=O) groups excluding carboxylic acids is 2. The maximum Gasteiger partial charge on any atom is 0.254 e. The van der Waals surface area contributed by atoms with Crippen molar-refractivity contribution in [2.24, 2.45) is 0 Å². The number of aromatic nitrogens is 4. The lowest BCUT2D eigenvalue weighted by Crippen LogP contribution is -2.19. The van der Waals surface area contributed by atoms with Gasteiger partial charge in [0.1, 0.15) is 11.6 Å². The van der Waals surface area contributed by atoms with Gasteiger partial charge in [-0.25, -0.2) is 8.78 Å². The van der Waals surface area contributed by atoms with E-state index in [1.165, 1.54) is 22.8 Å². The lowest BCUT2D eigenvalue weighted by Gasteiger charge is -2.11. The van der Waals surface area contributed by atoms with Gasteiger partial charge in [0.2, 0.25) is 17.8 Å². The van der Waals surface area contributed by atoms with Gasteiger partial charge in [0.15, 0.2) is 5.65 Å². The maximum atomic E-state index is 14.4. The van der Waals surface area contributed by atoms with Crippen LogP contribution in [0.25, 0.3) is 11.7 Å². The van der Waals surface area contributed by atoms with E-state index in [0.29, 0.717) is 28.3 Å². The summed E-state index contributed by atoms with van der Waals surface area (Å²) in [6.45, 7) is 1.41. The number of benzene rings is 1. The standard InChI is InChI=1S/C21H19F2N7O2/c1-10-2-5-15(22)14(17(10)23)9-24-20-28-18-12(6-11-7-16(31)27-19(11)32)8-25-30(18)21(29-20)26-13-3-4-13/h2,5-6,8,13H,3-4,7,9H2,1H3,(H,27,31,32)(H2,24,26,28,29)/b11-6+. The fourth-order valence-electron chi connectivity index (χ4n) is 3.43. The first-order chi connectivity index (χ1) is 15.4. The molecule has 3 heterocycles. The van der Waals surface area contributed by atoms with Crippen LogP contribution < -0.4 is 16.0 Å². The molecule has 11 heteroatoms. The van der Waals surface area contributed by atoms with Crippen molar-refractivity contribution < 1.29 is 18.4 Å². The summed E-state index contributed by atoms with van der Waals surface area (Å²) < 4.78 is 30.0. The Hall–Kier alpha value is -3.89. The molecule has 2 aromatic heterocycles. The molecule has 1 aliphatic carbocycles. The topological polar surface area (TPSA) is 113 Å². The number of amides is 2. The van der Waals surface area contributed by atoms with Crippen LogP contribution in [0.2, 0.25) is 0 Å². The molecular weight excluding hydrogens is 420 g/mol. The van der Waals surface area contributed by atoms with Gasteiger partial charge in [-0.15, -0.1) is 0 Å². The molecule has 0 radical (unpaired) electrons. The Morgan fingerprint density at radius 1 is 1.25 bits per heavy atom. The molecule has 0 atom stereocenters. The third kappa shape index (κ3) is 3.77. The summed E-state index contributed by atoms with van der Waals surface area (Å²) in [6.07, 6.45) is 5.04. The van der Waals surface area contributed by atoms with E-state index in [0.717, 1.165) is 12.8 Å². The minimum atomic E-state index is -0.662. The van der Waals surface area contributed by atoms with Crippen molar-refractivity contribution in [1.82, 2.24) is 24.9 Å². The van der Waals surface area contributed by atoms with E-state index < -0.39 is 17.5 Å². The average molecular weight is 439 g/mol. The van der Waals surface area contributed by atoms with Crippen molar-refractivity contribution >= 4 is 35.4 Å². The average Bonchev–Trinajstić information content (AvgIpc) is 3.39. The largest absolute Gasteiger partial charge is 0.351 e. The normalized spacial score (nSPS) is 17.3. The van der Waals surface area contributed by atoms with E-state index >= 15 is 0 Å². The Morgan fingerprint density at radius 2 is 2.06 bits per heavy atom. The monoisotopic (exact) mass is 439 g/mol. The van der Waals surface area contributed by atoms with E-state index in [1.807, 2.05) is 0 Å². The summed E-state index contributed by atoms with van der Waals surface area (Å²) >= 11 is 0. The number of nitrogens with zero attached hydrogens (tertiary/aromatic N) is 4. The van der Waals surface area contributed by atoms with Crippen molar-refractivity contribution in [2.75, 3.05) is 10.6 Å². The van der Waals surface area contributed by atoms with Crippen molar-refractivity contribution in [1.29, 1.82) is 0 Å². The van der Waals surface area contributed by atoms with Crippen LogP contribution in [0.4, 0.5) is 20.7 Å². The molecule has 32 heavy (non-hydrogen) atoms. The van der Waals surface area contributed by atoms with Gasteiger partial charge in [-0.2, -0.15) is 19.6 Å². The van der Waals surface area contributed by atoms with Gasteiger partial charge in [0.25, 0.3) is 5.91 Å². The third-order valence-corrected chi connectivity index (χ3v) is 5.33. The molecular formula is C21H19F2N7O2. The molecule has 164 valence electrons. The molecule has 5 rings (SSSR count). The van der Waals surface area contributed by atoms with E-state index in [-0.39, 0.29) is 36.4 Å². The van der Waals surface area contributed by atoms with E-state index in [1.54, 1.807) is 13.0 Å². The fraction of sp³-hybridized carbons (Fsp3) is 0.286. The number of fused-ring (bicyclic) bond motifs is 1. The highest BCUT2D eigenvalue weighted by atomic mass is 19.1. The van der Waals surface area contributed by atoms with Crippen molar-refractivity contribution in [3.8, 4) is 0 Å². The summed E-state index contributed by atoms with van der Waals surface area (Å²) in [7, 11) is 0. The second-order valence-corrected chi connectivity index (χ2v) is 7.86. The summed E-state index contributed by atoms with van der Waals surface area (Å²) in [5.41, 5.74) is 1.43. The number of halogens is 2. The van der Waals surface area contributed by atoms with E-state index in [4.69, 9.17) is 0 Å². The first kappa shape index (κ1) is 20.0. The van der Waals surface area contributed by atoms with Crippen LogP contribution in [0.15, 0.2) is 23.9 Å². The molecule has 0 unspecified atom stereocenters. The molecule has 1 saturated heterocycles. The molecule has 2 aliphatic rings. The predicted molar refractivity (Wildman–Crippen MR) is 112 cm³/mol. The smallest absolute Gasteiger partial charge is 0.254 e. The molecule has 0 bridgehead atoms. The van der Waals surface area contributed by atoms with Crippen molar-refractivity contribution in [2.45, 2.75) is 38.8 Å². The minimum Gasteiger partial charge on any atom is -0.351 e. The Bertz CT molecular complexity index is 1300. The van der Waals surface area contributed by atoms with Gasteiger partial charge >= 0.3 is 0 Å². The van der Waals surface area contributed by atoms with Gasteiger partial charge in [0.05, 0.1) is 12.6 Å². The van der Waals surface area contributed by atoms with Crippen LogP contribution in [0.3, 0.4) is 0 Å². The number of hydrogen-bond donors (Lipinski definition) is 3. The molecule has 3 N–H and O–H groups in total. The van der Waals surface area contributed by atoms with Crippen LogP contribution in [0.5, 0.6) is 0 Å². The SMILES string of the molecule is Cc1ccc(F)c(CNc2nc(NC3CC3)n3ncc(/C=C4\CC(=O)NC4=O)c3n2)c1F. The molecule has 0 spiro atoms. The first-order valence-electron chi connectivity index (χ1n) is 10.1. The van der Waals surface area contributed by atoms with E-state index in [2.05, 4.69) is 31.0 Å². The Labute approximate surface area is 180 Å². The highest BCUT2D eigenvalue weighted by molar-refractivity contribution is 6.15. The number of anilines is 2. The molecule has 9 nitrogen and oxygen atoms in total. The summed E-state index contributed by atoms with van der Waals surface area (Å²) in [4.78, 5) is 32.3. The second kappa shape index (κ2) is 7.66. The number of rotatable bonds is 6. The van der Waals surface area contributed by atoms with E-state index in [9.17, 15) is 18.4 Å². The number of hydrogen-bond acceptors (Lipinski definition) is 7. The fourth-order valence-corrected chi connectivity index (χ4v) is 3.43. The zero-order valence-electron chi connectivity index (χ0n) is 17.1. The van der Waals surface area contributed by atoms with Gasteiger partial charge in [-0.1, -0.05) is 6.07 Å². The first-order valence-corrected chi connectivity index (χ1v) is 10.1. The van der Waals surface area contributed by atoms with Crippen molar-refractivity contribution in [3.05, 3.63) is 52.2 Å². The van der Waals surface area contributed by atoms with Crippen LogP contribution in [-0.4, -0.2) is 37.4 Å².